The van der Waals surface area contributed by atoms with Gasteiger partial charge in [0.2, 0.25) is 0 Å². The van der Waals surface area contributed by atoms with E-state index in [-0.39, 0.29) is 16.6 Å². The van der Waals surface area contributed by atoms with E-state index in [1.54, 1.807) is 6.08 Å². The van der Waals surface area contributed by atoms with Crippen molar-refractivity contribution in [3.63, 3.8) is 0 Å². The fourth-order valence-electron chi connectivity index (χ4n) is 4.14. The maximum Gasteiger partial charge on any atom is 0.330 e. The van der Waals surface area contributed by atoms with E-state index in [1.165, 1.54) is 24.3 Å². The summed E-state index contributed by atoms with van der Waals surface area (Å²) in [6.07, 6.45) is 5.28. The molecule has 0 radical (unpaired) electrons. The molecule has 2 aromatic rings. The zero-order valence-corrected chi connectivity index (χ0v) is 18.3. The van der Waals surface area contributed by atoms with Crippen molar-refractivity contribution in [1.82, 2.24) is 0 Å². The molecule has 3 nitrogen and oxygen atoms in total. The van der Waals surface area contributed by atoms with Gasteiger partial charge in [0, 0.05) is 17.2 Å². The molecule has 0 heterocycles. The summed E-state index contributed by atoms with van der Waals surface area (Å²) in [5, 5.41) is 0. The molecule has 0 saturated carbocycles. The van der Waals surface area contributed by atoms with Crippen LogP contribution in [-0.2, 0) is 20.4 Å². The number of ketones is 1. The predicted octanol–water partition coefficient (Wildman–Crippen LogP) is 5.76. The van der Waals surface area contributed by atoms with Crippen molar-refractivity contribution < 1.29 is 14.3 Å². The Hall–Kier alpha value is -2.68. The Kier molecular flexibility index (Phi) is 5.53. The SMILES string of the molecule is COC(=O)/C=C/c1cccc(C(=O)c2cc3c(cc2C)C(C)(C)CCC3(C)C)c1. The van der Waals surface area contributed by atoms with Crippen molar-refractivity contribution >= 4 is 17.8 Å². The molecular formula is C26H30O3. The largest absolute Gasteiger partial charge is 0.466 e. The summed E-state index contributed by atoms with van der Waals surface area (Å²) in [5.41, 5.74) is 5.99. The number of hydrogen-bond donors (Lipinski definition) is 0. The first-order valence-electron chi connectivity index (χ1n) is 10.1. The van der Waals surface area contributed by atoms with Crippen LogP contribution >= 0.6 is 0 Å². The van der Waals surface area contributed by atoms with Gasteiger partial charge in [-0.1, -0.05) is 52.0 Å². The maximum atomic E-state index is 13.4. The highest BCUT2D eigenvalue weighted by Gasteiger charge is 2.37. The van der Waals surface area contributed by atoms with Gasteiger partial charge >= 0.3 is 5.97 Å². The molecule has 0 fully saturated rings. The van der Waals surface area contributed by atoms with Gasteiger partial charge in [0.15, 0.2) is 5.78 Å². The Morgan fingerprint density at radius 1 is 0.966 bits per heavy atom. The molecule has 0 unspecified atom stereocenters. The average Bonchev–Trinajstić information content (AvgIpc) is 2.69. The minimum Gasteiger partial charge on any atom is -0.466 e. The van der Waals surface area contributed by atoms with Crippen molar-refractivity contribution in [3.8, 4) is 0 Å². The fraction of sp³-hybridized carbons (Fsp3) is 0.385. The Bertz CT molecular complexity index is 993. The number of methoxy groups -OCH3 is 1. The Morgan fingerprint density at radius 3 is 2.21 bits per heavy atom. The quantitative estimate of drug-likeness (QED) is 0.379. The maximum absolute atomic E-state index is 13.4. The van der Waals surface area contributed by atoms with Gasteiger partial charge in [-0.05, 0) is 71.1 Å². The molecule has 0 amide bonds. The average molecular weight is 391 g/mol. The van der Waals surface area contributed by atoms with Gasteiger partial charge in [0.05, 0.1) is 7.11 Å². The number of fused-ring (bicyclic) bond motifs is 1. The second-order valence-electron chi connectivity index (χ2n) is 9.29. The van der Waals surface area contributed by atoms with Crippen LogP contribution in [0, 0.1) is 6.92 Å². The summed E-state index contributed by atoms with van der Waals surface area (Å²) in [6, 6.07) is 11.7. The van der Waals surface area contributed by atoms with Gasteiger partial charge in [0.25, 0.3) is 0 Å². The zero-order valence-electron chi connectivity index (χ0n) is 18.3. The second kappa shape index (κ2) is 7.62. The third-order valence-electron chi connectivity index (χ3n) is 6.20. The lowest BCUT2D eigenvalue weighted by Crippen LogP contribution is -2.34. The van der Waals surface area contributed by atoms with Crippen LogP contribution in [0.2, 0.25) is 0 Å². The first kappa shape index (κ1) is 21.0. The molecule has 1 aliphatic rings. The van der Waals surface area contributed by atoms with Crippen molar-refractivity contribution in [3.05, 3.63) is 75.9 Å². The highest BCUT2D eigenvalue weighted by atomic mass is 16.5. The monoisotopic (exact) mass is 390 g/mol. The third-order valence-corrected chi connectivity index (χ3v) is 6.20. The summed E-state index contributed by atoms with van der Waals surface area (Å²) in [4.78, 5) is 24.7. The number of benzene rings is 2. The van der Waals surface area contributed by atoms with Crippen LogP contribution in [0.25, 0.3) is 6.08 Å². The Morgan fingerprint density at radius 2 is 1.59 bits per heavy atom. The molecule has 3 heteroatoms. The number of ether oxygens (including phenoxy) is 1. The molecule has 0 aromatic heterocycles. The molecular weight excluding hydrogens is 360 g/mol. The van der Waals surface area contributed by atoms with Crippen molar-refractivity contribution in [2.45, 2.75) is 58.3 Å². The lowest BCUT2D eigenvalue weighted by molar-refractivity contribution is -0.134. The molecule has 0 saturated heterocycles. The van der Waals surface area contributed by atoms with Crippen LogP contribution in [0.1, 0.15) is 78.7 Å². The molecule has 0 bridgehead atoms. The first-order chi connectivity index (χ1) is 13.5. The van der Waals surface area contributed by atoms with E-state index in [4.69, 9.17) is 0 Å². The number of aryl methyl sites for hydroxylation is 1. The number of esters is 1. The summed E-state index contributed by atoms with van der Waals surface area (Å²) >= 11 is 0. The van der Waals surface area contributed by atoms with E-state index >= 15 is 0 Å². The normalized spacial score (nSPS) is 17.0. The molecule has 1 aliphatic carbocycles. The number of rotatable bonds is 4. The minimum absolute atomic E-state index is 0.0118. The van der Waals surface area contributed by atoms with Gasteiger partial charge in [-0.15, -0.1) is 0 Å². The summed E-state index contributed by atoms with van der Waals surface area (Å²) < 4.78 is 4.63. The smallest absolute Gasteiger partial charge is 0.330 e. The fourth-order valence-corrected chi connectivity index (χ4v) is 4.14. The summed E-state index contributed by atoms with van der Waals surface area (Å²) in [7, 11) is 1.34. The van der Waals surface area contributed by atoms with Crippen LogP contribution in [0.5, 0.6) is 0 Å². The molecule has 3 rings (SSSR count). The van der Waals surface area contributed by atoms with Gasteiger partial charge in [-0.3, -0.25) is 4.79 Å². The van der Waals surface area contributed by atoms with Crippen LogP contribution in [-0.4, -0.2) is 18.9 Å². The second-order valence-corrected chi connectivity index (χ2v) is 9.29. The van der Waals surface area contributed by atoms with Gasteiger partial charge in [0.1, 0.15) is 0 Å². The number of carbonyl (C=O) groups excluding carboxylic acids is 2. The van der Waals surface area contributed by atoms with E-state index in [1.807, 2.05) is 31.2 Å². The van der Waals surface area contributed by atoms with Gasteiger partial charge in [-0.25, -0.2) is 4.79 Å². The van der Waals surface area contributed by atoms with Gasteiger partial charge in [-0.2, -0.15) is 0 Å². The Balaban J connectivity index is 2.03. The van der Waals surface area contributed by atoms with Crippen LogP contribution in [0.15, 0.2) is 42.5 Å². The predicted molar refractivity (Wildman–Crippen MR) is 117 cm³/mol. The molecule has 0 spiro atoms. The van der Waals surface area contributed by atoms with Crippen LogP contribution in [0.4, 0.5) is 0 Å². The topological polar surface area (TPSA) is 43.4 Å². The molecule has 152 valence electrons. The van der Waals surface area contributed by atoms with E-state index < -0.39 is 5.97 Å². The molecule has 0 aliphatic heterocycles. The van der Waals surface area contributed by atoms with E-state index in [0.717, 1.165) is 29.5 Å². The van der Waals surface area contributed by atoms with Gasteiger partial charge < -0.3 is 4.74 Å². The molecule has 29 heavy (non-hydrogen) atoms. The summed E-state index contributed by atoms with van der Waals surface area (Å²) in [6.45, 7) is 11.1. The standard InChI is InChI=1S/C26H30O3/c1-17-14-21-22(26(4,5)13-12-25(21,2)3)16-20(17)24(28)19-9-7-8-18(15-19)10-11-23(27)29-6/h7-11,14-16H,12-13H2,1-6H3/b11-10+. The van der Waals surface area contributed by atoms with E-state index in [2.05, 4.69) is 44.6 Å². The lowest BCUT2D eigenvalue weighted by atomic mass is 9.62. The van der Waals surface area contributed by atoms with Crippen molar-refractivity contribution in [1.29, 1.82) is 0 Å². The van der Waals surface area contributed by atoms with Crippen molar-refractivity contribution in [2.75, 3.05) is 7.11 Å². The Labute approximate surface area is 173 Å². The summed E-state index contributed by atoms with van der Waals surface area (Å²) in [5.74, 6) is -0.407. The first-order valence-corrected chi connectivity index (χ1v) is 10.1. The number of hydrogen-bond acceptors (Lipinski definition) is 3. The third kappa shape index (κ3) is 4.19. The van der Waals surface area contributed by atoms with Crippen molar-refractivity contribution in [2.24, 2.45) is 0 Å². The zero-order chi connectivity index (χ0) is 21.4. The van der Waals surface area contributed by atoms with Crippen LogP contribution < -0.4 is 0 Å². The highest BCUT2D eigenvalue weighted by Crippen LogP contribution is 2.46. The lowest BCUT2D eigenvalue weighted by Gasteiger charge is -2.42. The molecule has 0 N–H and O–H groups in total. The number of carbonyl (C=O) groups is 2. The highest BCUT2D eigenvalue weighted by molar-refractivity contribution is 6.10. The van der Waals surface area contributed by atoms with E-state index in [9.17, 15) is 9.59 Å². The molecule has 0 atom stereocenters. The van der Waals surface area contributed by atoms with E-state index in [0.29, 0.717) is 5.56 Å². The molecule has 2 aromatic carbocycles. The van der Waals surface area contributed by atoms with Crippen LogP contribution in [0.3, 0.4) is 0 Å². The minimum atomic E-state index is -0.419.